The number of sulfonamides is 1. The molecule has 0 unspecified atom stereocenters. The lowest BCUT2D eigenvalue weighted by Gasteiger charge is -2.22. The van der Waals surface area contributed by atoms with Crippen LogP contribution in [0.3, 0.4) is 0 Å². The van der Waals surface area contributed by atoms with Gasteiger partial charge >= 0.3 is 0 Å². The lowest BCUT2D eigenvalue weighted by Crippen LogP contribution is -2.31. The molecule has 0 bridgehead atoms. The molecule has 0 fully saturated rings. The zero-order chi connectivity index (χ0) is 14.9. The van der Waals surface area contributed by atoms with Crippen LogP contribution < -0.4 is 4.72 Å². The van der Waals surface area contributed by atoms with Gasteiger partial charge in [-0.3, -0.25) is 0 Å². The number of halogens is 1. The maximum Gasteiger partial charge on any atom is 0.216 e. The lowest BCUT2D eigenvalue weighted by atomic mass is 9.94. The highest BCUT2D eigenvalue weighted by molar-refractivity contribution is 7.88. The molecule has 112 valence electrons. The van der Waals surface area contributed by atoms with Gasteiger partial charge < -0.3 is 4.42 Å². The van der Waals surface area contributed by atoms with Gasteiger partial charge in [-0.25, -0.2) is 17.5 Å². The number of aryl methyl sites for hydroxylation is 1. The summed E-state index contributed by atoms with van der Waals surface area (Å²) in [4.78, 5) is 0. The second-order valence-corrected chi connectivity index (χ2v) is 6.97. The molecule has 1 aromatic heterocycles. The van der Waals surface area contributed by atoms with Crippen LogP contribution >= 0.6 is 0 Å². The van der Waals surface area contributed by atoms with E-state index >= 15 is 0 Å². The Balaban J connectivity index is 1.78. The fourth-order valence-electron chi connectivity index (χ4n) is 2.69. The summed E-state index contributed by atoms with van der Waals surface area (Å²) < 4.78 is 46.1. The molecule has 0 saturated carbocycles. The molecule has 0 radical (unpaired) electrons. The molecule has 0 spiro atoms. The molecule has 1 aliphatic rings. The number of benzene rings is 1. The van der Waals surface area contributed by atoms with E-state index in [1.165, 1.54) is 18.2 Å². The van der Waals surface area contributed by atoms with Crippen molar-refractivity contribution in [3.8, 4) is 0 Å². The van der Waals surface area contributed by atoms with E-state index in [4.69, 9.17) is 4.42 Å². The van der Waals surface area contributed by atoms with Crippen molar-refractivity contribution in [2.24, 2.45) is 0 Å². The number of fused-ring (bicyclic) bond motifs is 1. The van der Waals surface area contributed by atoms with Crippen LogP contribution in [0.4, 0.5) is 4.39 Å². The molecule has 0 saturated heterocycles. The number of furan rings is 1. The fraction of sp³-hybridized carbons (Fsp3) is 0.333. The van der Waals surface area contributed by atoms with Crippen molar-refractivity contribution >= 4 is 10.0 Å². The molecule has 1 heterocycles. The molecule has 6 heteroatoms. The van der Waals surface area contributed by atoms with Gasteiger partial charge in [0.15, 0.2) is 0 Å². The zero-order valence-electron chi connectivity index (χ0n) is 11.4. The Morgan fingerprint density at radius 2 is 2.10 bits per heavy atom. The number of rotatable bonds is 4. The van der Waals surface area contributed by atoms with Crippen LogP contribution in [-0.2, 0) is 22.2 Å². The molecule has 1 N–H and O–H groups in total. The smallest absolute Gasteiger partial charge is 0.216 e. The molecule has 2 aromatic rings. The summed E-state index contributed by atoms with van der Waals surface area (Å²) in [5.41, 5.74) is 1.06. The predicted molar refractivity (Wildman–Crippen MR) is 76.5 cm³/mol. The van der Waals surface area contributed by atoms with Gasteiger partial charge in [-0.2, -0.15) is 0 Å². The largest absolute Gasteiger partial charge is 0.469 e. The maximum atomic E-state index is 13.6. The third-order valence-electron chi connectivity index (χ3n) is 3.68. The molecule has 3 rings (SSSR count). The number of hydrogen-bond acceptors (Lipinski definition) is 3. The van der Waals surface area contributed by atoms with E-state index in [2.05, 4.69) is 4.72 Å². The Bertz CT molecular complexity index is 739. The highest BCUT2D eigenvalue weighted by atomic mass is 32.2. The second kappa shape index (κ2) is 5.61. The van der Waals surface area contributed by atoms with Crippen LogP contribution in [-0.4, -0.2) is 8.42 Å². The van der Waals surface area contributed by atoms with Gasteiger partial charge in [0.05, 0.1) is 18.1 Å². The van der Waals surface area contributed by atoms with E-state index in [1.807, 2.05) is 0 Å². The first kappa shape index (κ1) is 14.3. The molecule has 4 nitrogen and oxygen atoms in total. The van der Waals surface area contributed by atoms with Crippen LogP contribution in [0.25, 0.3) is 0 Å². The molecular weight excluding hydrogens is 293 g/mol. The summed E-state index contributed by atoms with van der Waals surface area (Å²) in [7, 11) is -3.61. The normalized spacial score (nSPS) is 18.4. The first-order valence-corrected chi connectivity index (χ1v) is 8.50. The van der Waals surface area contributed by atoms with Crippen LogP contribution in [0.5, 0.6) is 0 Å². The number of hydrogen-bond donors (Lipinski definition) is 1. The van der Waals surface area contributed by atoms with Gasteiger partial charge in [-0.1, -0.05) is 18.2 Å². The SMILES string of the molecule is O=S(=O)(Cc1ccccc1F)N[C@@H]1CCCc2occc21. The van der Waals surface area contributed by atoms with E-state index < -0.39 is 15.8 Å². The van der Waals surface area contributed by atoms with E-state index in [0.717, 1.165) is 30.6 Å². The summed E-state index contributed by atoms with van der Waals surface area (Å²) in [6, 6.07) is 7.42. The highest BCUT2D eigenvalue weighted by Gasteiger charge is 2.27. The highest BCUT2D eigenvalue weighted by Crippen LogP contribution is 2.31. The Morgan fingerprint density at radius 1 is 1.29 bits per heavy atom. The Kier molecular flexibility index (Phi) is 3.82. The lowest BCUT2D eigenvalue weighted by molar-refractivity contribution is 0.438. The van der Waals surface area contributed by atoms with Crippen LogP contribution in [0.2, 0.25) is 0 Å². The first-order chi connectivity index (χ1) is 10.1. The molecule has 1 aliphatic carbocycles. The third kappa shape index (κ3) is 3.16. The quantitative estimate of drug-likeness (QED) is 0.944. The molecule has 0 amide bonds. The maximum absolute atomic E-state index is 13.6. The van der Waals surface area contributed by atoms with Gasteiger partial charge in [-0.05, 0) is 25.0 Å². The van der Waals surface area contributed by atoms with Crippen molar-refractivity contribution in [2.75, 3.05) is 0 Å². The van der Waals surface area contributed by atoms with Gasteiger partial charge in [0, 0.05) is 17.5 Å². The van der Waals surface area contributed by atoms with E-state index in [0.29, 0.717) is 0 Å². The average Bonchev–Trinajstić information content (AvgIpc) is 2.90. The molecule has 0 aliphatic heterocycles. The summed E-state index contributed by atoms with van der Waals surface area (Å²) in [6.07, 6.45) is 4.00. The van der Waals surface area contributed by atoms with Crippen molar-refractivity contribution in [1.82, 2.24) is 4.72 Å². The summed E-state index contributed by atoms with van der Waals surface area (Å²) >= 11 is 0. The Morgan fingerprint density at radius 3 is 2.90 bits per heavy atom. The van der Waals surface area contributed by atoms with Crippen LogP contribution in [0.1, 0.15) is 35.8 Å². The van der Waals surface area contributed by atoms with Crippen molar-refractivity contribution in [2.45, 2.75) is 31.1 Å². The monoisotopic (exact) mass is 309 g/mol. The summed E-state index contributed by atoms with van der Waals surface area (Å²) in [5.74, 6) is -0.0287. The standard InChI is InChI=1S/C15H16FNO3S/c16-13-5-2-1-4-11(13)10-21(18,19)17-14-6-3-7-15-12(14)8-9-20-15/h1-2,4-5,8-9,14,17H,3,6-7,10H2/t14-/m1/s1. The van der Waals surface area contributed by atoms with E-state index in [1.54, 1.807) is 18.4 Å². The molecular formula is C15H16FNO3S. The van der Waals surface area contributed by atoms with Crippen molar-refractivity contribution in [3.05, 3.63) is 59.3 Å². The average molecular weight is 309 g/mol. The summed E-state index contributed by atoms with van der Waals surface area (Å²) in [6.45, 7) is 0. The Labute approximate surface area is 123 Å². The molecule has 1 aromatic carbocycles. The predicted octanol–water partition coefficient (Wildman–Crippen LogP) is 2.92. The first-order valence-electron chi connectivity index (χ1n) is 6.85. The van der Waals surface area contributed by atoms with Crippen molar-refractivity contribution < 1.29 is 17.2 Å². The van der Waals surface area contributed by atoms with Gasteiger partial charge in [0.1, 0.15) is 11.6 Å². The minimum atomic E-state index is -3.61. The fourth-order valence-corrected chi connectivity index (χ4v) is 4.09. The molecule has 21 heavy (non-hydrogen) atoms. The van der Waals surface area contributed by atoms with Gasteiger partial charge in [0.25, 0.3) is 0 Å². The number of nitrogens with one attached hydrogen (secondary N) is 1. The van der Waals surface area contributed by atoms with Crippen LogP contribution in [0.15, 0.2) is 41.0 Å². The van der Waals surface area contributed by atoms with Crippen molar-refractivity contribution in [3.63, 3.8) is 0 Å². The minimum absolute atomic E-state index is 0.174. The van der Waals surface area contributed by atoms with E-state index in [9.17, 15) is 12.8 Å². The van der Waals surface area contributed by atoms with Crippen LogP contribution in [0, 0.1) is 5.82 Å². The topological polar surface area (TPSA) is 59.3 Å². The third-order valence-corrected chi connectivity index (χ3v) is 5.01. The summed E-state index contributed by atoms with van der Waals surface area (Å²) in [5, 5.41) is 0. The second-order valence-electron chi connectivity index (χ2n) is 5.21. The molecule has 1 atom stereocenters. The van der Waals surface area contributed by atoms with Gasteiger partial charge in [-0.15, -0.1) is 0 Å². The zero-order valence-corrected chi connectivity index (χ0v) is 12.2. The van der Waals surface area contributed by atoms with Gasteiger partial charge in [0.2, 0.25) is 10.0 Å². The van der Waals surface area contributed by atoms with E-state index in [-0.39, 0.29) is 17.4 Å². The Hall–Kier alpha value is -1.66. The minimum Gasteiger partial charge on any atom is -0.469 e. The van der Waals surface area contributed by atoms with Crippen molar-refractivity contribution in [1.29, 1.82) is 0 Å².